The fraction of sp³-hybridized carbons (Fsp3) is 0.111. The molecule has 0 aliphatic rings. The minimum atomic E-state index is -0.301. The Labute approximate surface area is 74.2 Å². The third-order valence-electron chi connectivity index (χ3n) is 1.80. The van der Waals surface area contributed by atoms with E-state index in [-0.39, 0.29) is 5.82 Å². The van der Waals surface area contributed by atoms with Gasteiger partial charge in [0.05, 0.1) is 0 Å². The highest BCUT2D eigenvalue weighted by Crippen LogP contribution is 2.20. The molecule has 1 aromatic carbocycles. The summed E-state index contributed by atoms with van der Waals surface area (Å²) in [5.74, 6) is 0.113. The first-order chi connectivity index (χ1) is 6.27. The molecule has 1 aromatic heterocycles. The highest BCUT2D eigenvalue weighted by Gasteiger charge is 2.06. The number of aryl methyl sites for hydroxylation is 1. The van der Waals surface area contributed by atoms with Crippen LogP contribution in [0.2, 0.25) is 0 Å². The Kier molecular flexibility index (Phi) is 1.81. The maximum absolute atomic E-state index is 12.9. The molecule has 0 aliphatic carbocycles. The van der Waals surface area contributed by atoms with Crippen LogP contribution in [0.4, 0.5) is 4.39 Å². The molecule has 2 rings (SSSR count). The summed E-state index contributed by atoms with van der Waals surface area (Å²) in [6.45, 7) is 1.87. The van der Waals surface area contributed by atoms with E-state index in [0.29, 0.717) is 11.4 Å². The molecule has 0 atom stereocenters. The molecule has 0 spiro atoms. The van der Waals surface area contributed by atoms with Crippen LogP contribution in [-0.4, -0.2) is 10.1 Å². The lowest BCUT2D eigenvalue weighted by Crippen LogP contribution is -1.86. The maximum atomic E-state index is 12.9. The quantitative estimate of drug-likeness (QED) is 0.671. The Morgan fingerprint density at radius 3 is 2.92 bits per heavy atom. The molecular formula is C9H7FN2O. The summed E-state index contributed by atoms with van der Waals surface area (Å²) in [6.07, 6.45) is 1.22. The second kappa shape index (κ2) is 2.97. The number of hydrogen-bond donors (Lipinski definition) is 0. The van der Waals surface area contributed by atoms with Crippen LogP contribution < -0.4 is 0 Å². The van der Waals surface area contributed by atoms with Gasteiger partial charge < -0.3 is 4.52 Å². The SMILES string of the molecule is Cc1ccc(F)cc1-c1ncon1. The second-order valence-corrected chi connectivity index (χ2v) is 2.71. The molecule has 3 nitrogen and oxygen atoms in total. The number of halogens is 1. The van der Waals surface area contributed by atoms with Crippen molar-refractivity contribution in [3.8, 4) is 11.4 Å². The summed E-state index contributed by atoms with van der Waals surface area (Å²) in [5.41, 5.74) is 1.58. The van der Waals surface area contributed by atoms with Gasteiger partial charge in [0.1, 0.15) is 5.82 Å². The molecule has 1 heterocycles. The molecule has 0 aliphatic heterocycles. The third kappa shape index (κ3) is 1.42. The summed E-state index contributed by atoms with van der Waals surface area (Å²) in [6, 6.07) is 4.47. The van der Waals surface area contributed by atoms with Crippen molar-refractivity contribution in [2.75, 3.05) is 0 Å². The second-order valence-electron chi connectivity index (χ2n) is 2.71. The fourth-order valence-corrected chi connectivity index (χ4v) is 1.12. The molecule has 0 fully saturated rings. The molecule has 4 heteroatoms. The van der Waals surface area contributed by atoms with Crippen molar-refractivity contribution >= 4 is 0 Å². The summed E-state index contributed by atoms with van der Waals surface area (Å²) in [4.78, 5) is 3.84. The predicted octanol–water partition coefficient (Wildman–Crippen LogP) is 2.18. The molecule has 2 aromatic rings. The van der Waals surface area contributed by atoms with Crippen LogP contribution in [-0.2, 0) is 0 Å². The van der Waals surface area contributed by atoms with Crippen molar-refractivity contribution in [1.29, 1.82) is 0 Å². The highest BCUT2D eigenvalue weighted by atomic mass is 19.1. The van der Waals surface area contributed by atoms with Crippen LogP contribution in [0, 0.1) is 12.7 Å². The lowest BCUT2D eigenvalue weighted by molar-refractivity contribution is 0.418. The van der Waals surface area contributed by atoms with Gasteiger partial charge in [0, 0.05) is 5.56 Å². The van der Waals surface area contributed by atoms with Crippen molar-refractivity contribution in [3.63, 3.8) is 0 Å². The van der Waals surface area contributed by atoms with Gasteiger partial charge in [-0.25, -0.2) is 4.39 Å². The van der Waals surface area contributed by atoms with Crippen molar-refractivity contribution in [2.24, 2.45) is 0 Å². The zero-order valence-electron chi connectivity index (χ0n) is 6.99. The van der Waals surface area contributed by atoms with E-state index in [9.17, 15) is 4.39 Å². The molecule has 0 saturated carbocycles. The average Bonchev–Trinajstić information content (AvgIpc) is 2.61. The first kappa shape index (κ1) is 7.91. The van der Waals surface area contributed by atoms with Crippen LogP contribution in [0.3, 0.4) is 0 Å². The molecule has 0 bridgehead atoms. The van der Waals surface area contributed by atoms with E-state index < -0.39 is 0 Å². The molecule has 0 unspecified atom stereocenters. The van der Waals surface area contributed by atoms with Gasteiger partial charge >= 0.3 is 0 Å². The minimum Gasteiger partial charge on any atom is -0.342 e. The number of rotatable bonds is 1. The molecular weight excluding hydrogens is 171 g/mol. The van der Waals surface area contributed by atoms with Crippen molar-refractivity contribution in [3.05, 3.63) is 36.0 Å². The number of benzene rings is 1. The lowest BCUT2D eigenvalue weighted by atomic mass is 10.1. The smallest absolute Gasteiger partial charge is 0.214 e. The molecule has 0 amide bonds. The summed E-state index contributed by atoms with van der Waals surface area (Å²) >= 11 is 0. The van der Waals surface area contributed by atoms with E-state index in [1.807, 2.05) is 6.92 Å². The molecule has 13 heavy (non-hydrogen) atoms. The van der Waals surface area contributed by atoms with Gasteiger partial charge in [-0.2, -0.15) is 4.98 Å². The summed E-state index contributed by atoms with van der Waals surface area (Å²) in [5, 5.41) is 3.64. The maximum Gasteiger partial charge on any atom is 0.214 e. The van der Waals surface area contributed by atoms with Gasteiger partial charge in [-0.15, -0.1) is 0 Å². The molecule has 0 N–H and O–H groups in total. The number of hydrogen-bond acceptors (Lipinski definition) is 3. The number of nitrogens with zero attached hydrogens (tertiary/aromatic N) is 2. The first-order valence-electron chi connectivity index (χ1n) is 3.80. The van der Waals surface area contributed by atoms with Gasteiger partial charge in [0.25, 0.3) is 0 Å². The number of aromatic nitrogens is 2. The van der Waals surface area contributed by atoms with E-state index >= 15 is 0 Å². The lowest BCUT2D eigenvalue weighted by Gasteiger charge is -1.99. The predicted molar refractivity (Wildman–Crippen MR) is 44.4 cm³/mol. The summed E-state index contributed by atoms with van der Waals surface area (Å²) < 4.78 is 17.4. The largest absolute Gasteiger partial charge is 0.342 e. The van der Waals surface area contributed by atoms with Gasteiger partial charge in [0.15, 0.2) is 0 Å². The van der Waals surface area contributed by atoms with Crippen molar-refractivity contribution < 1.29 is 8.91 Å². The fourth-order valence-electron chi connectivity index (χ4n) is 1.12. The molecule has 0 radical (unpaired) electrons. The molecule has 0 saturated heterocycles. The van der Waals surface area contributed by atoms with Crippen LogP contribution >= 0.6 is 0 Å². The Hall–Kier alpha value is -1.71. The normalized spacial score (nSPS) is 10.3. The van der Waals surface area contributed by atoms with Gasteiger partial charge in [-0.05, 0) is 24.6 Å². The Morgan fingerprint density at radius 1 is 1.38 bits per heavy atom. The van der Waals surface area contributed by atoms with Crippen molar-refractivity contribution in [1.82, 2.24) is 10.1 Å². The van der Waals surface area contributed by atoms with Crippen LogP contribution in [0.15, 0.2) is 29.1 Å². The standard InChI is InChI=1S/C9H7FN2O/c1-6-2-3-7(10)4-8(6)9-11-5-13-12-9/h2-5H,1H3. The monoisotopic (exact) mass is 178 g/mol. The van der Waals surface area contributed by atoms with E-state index in [0.717, 1.165) is 5.56 Å². The van der Waals surface area contributed by atoms with Crippen LogP contribution in [0.5, 0.6) is 0 Å². The average molecular weight is 178 g/mol. The first-order valence-corrected chi connectivity index (χ1v) is 3.80. The van der Waals surface area contributed by atoms with Gasteiger partial charge in [0.2, 0.25) is 12.2 Å². The zero-order chi connectivity index (χ0) is 9.26. The van der Waals surface area contributed by atoms with Gasteiger partial charge in [-0.3, -0.25) is 0 Å². The van der Waals surface area contributed by atoms with Crippen LogP contribution in [0.1, 0.15) is 5.56 Å². The van der Waals surface area contributed by atoms with Gasteiger partial charge in [-0.1, -0.05) is 11.2 Å². The van der Waals surface area contributed by atoms with Crippen LogP contribution in [0.25, 0.3) is 11.4 Å². The summed E-state index contributed by atoms with van der Waals surface area (Å²) in [7, 11) is 0. The van der Waals surface area contributed by atoms with E-state index in [1.54, 1.807) is 6.07 Å². The highest BCUT2D eigenvalue weighted by molar-refractivity contribution is 5.58. The topological polar surface area (TPSA) is 38.9 Å². The van der Waals surface area contributed by atoms with E-state index in [2.05, 4.69) is 14.7 Å². The van der Waals surface area contributed by atoms with E-state index in [1.165, 1.54) is 18.5 Å². The van der Waals surface area contributed by atoms with Crippen molar-refractivity contribution in [2.45, 2.75) is 6.92 Å². The zero-order valence-corrected chi connectivity index (χ0v) is 6.99. The Morgan fingerprint density at radius 2 is 2.23 bits per heavy atom. The van der Waals surface area contributed by atoms with E-state index in [4.69, 9.17) is 0 Å². The minimum absolute atomic E-state index is 0.301. The third-order valence-corrected chi connectivity index (χ3v) is 1.80. The Balaban J connectivity index is 2.57. The Bertz CT molecular complexity index is 412. The molecule has 66 valence electrons.